The second kappa shape index (κ2) is 7.43. The first-order valence-corrected chi connectivity index (χ1v) is 8.49. The van der Waals surface area contributed by atoms with E-state index < -0.39 is 0 Å². The molecule has 0 bridgehead atoms. The third kappa shape index (κ3) is 3.53. The molecule has 1 heterocycles. The number of hydrogen-bond acceptors (Lipinski definition) is 3. The number of carbonyl (C=O) groups is 1. The Morgan fingerprint density at radius 2 is 1.88 bits per heavy atom. The van der Waals surface area contributed by atoms with Gasteiger partial charge in [0.15, 0.2) is 0 Å². The van der Waals surface area contributed by atoms with E-state index in [2.05, 4.69) is 29.7 Å². The molecular formula is C21H23NO3. The molecule has 1 aromatic heterocycles. The van der Waals surface area contributed by atoms with Crippen molar-refractivity contribution < 1.29 is 14.3 Å². The summed E-state index contributed by atoms with van der Waals surface area (Å²) in [5.74, 6) is 0.585. The van der Waals surface area contributed by atoms with E-state index in [1.165, 1.54) is 12.7 Å². The van der Waals surface area contributed by atoms with E-state index in [1.54, 1.807) is 0 Å². The van der Waals surface area contributed by atoms with Crippen molar-refractivity contribution in [2.75, 3.05) is 13.7 Å². The highest BCUT2D eigenvalue weighted by molar-refractivity contribution is 5.90. The molecule has 2 aromatic carbocycles. The predicted octanol–water partition coefficient (Wildman–Crippen LogP) is 4.11. The van der Waals surface area contributed by atoms with Crippen LogP contribution in [0.4, 0.5) is 0 Å². The Bertz CT molecular complexity index is 881. The van der Waals surface area contributed by atoms with Gasteiger partial charge in [-0.25, -0.2) is 0 Å². The van der Waals surface area contributed by atoms with E-state index in [1.807, 2.05) is 37.3 Å². The SMILES string of the molecule is CCOc1ccc2c(c1)c(CC(=O)OC)c(C)n2Cc1ccccc1. The van der Waals surface area contributed by atoms with Crippen molar-refractivity contribution in [2.45, 2.75) is 26.8 Å². The second-order valence-corrected chi connectivity index (χ2v) is 6.00. The maximum Gasteiger partial charge on any atom is 0.310 e. The molecule has 25 heavy (non-hydrogen) atoms. The van der Waals surface area contributed by atoms with E-state index in [4.69, 9.17) is 9.47 Å². The van der Waals surface area contributed by atoms with Crippen LogP contribution in [-0.2, 0) is 22.5 Å². The minimum absolute atomic E-state index is 0.233. The van der Waals surface area contributed by atoms with Crippen LogP contribution in [0.1, 0.15) is 23.7 Å². The first kappa shape index (κ1) is 17.1. The summed E-state index contributed by atoms with van der Waals surface area (Å²) in [4.78, 5) is 11.9. The highest BCUT2D eigenvalue weighted by Gasteiger charge is 2.18. The number of ether oxygens (including phenoxy) is 2. The highest BCUT2D eigenvalue weighted by atomic mass is 16.5. The smallest absolute Gasteiger partial charge is 0.310 e. The zero-order valence-electron chi connectivity index (χ0n) is 14.9. The van der Waals surface area contributed by atoms with Crippen LogP contribution in [0.2, 0.25) is 0 Å². The van der Waals surface area contributed by atoms with Gasteiger partial charge in [-0.3, -0.25) is 4.79 Å². The normalized spacial score (nSPS) is 10.8. The van der Waals surface area contributed by atoms with Crippen molar-refractivity contribution in [3.8, 4) is 5.75 Å². The first-order valence-electron chi connectivity index (χ1n) is 8.49. The summed E-state index contributed by atoms with van der Waals surface area (Å²) in [5, 5.41) is 1.05. The molecule has 4 nitrogen and oxygen atoms in total. The summed E-state index contributed by atoms with van der Waals surface area (Å²) in [6.45, 7) is 5.40. The fourth-order valence-corrected chi connectivity index (χ4v) is 3.20. The van der Waals surface area contributed by atoms with Gasteiger partial charge in [0.05, 0.1) is 20.1 Å². The summed E-state index contributed by atoms with van der Waals surface area (Å²) < 4.78 is 12.8. The number of rotatable bonds is 6. The molecule has 0 spiro atoms. The maximum atomic E-state index is 11.9. The van der Waals surface area contributed by atoms with Crippen molar-refractivity contribution in [1.82, 2.24) is 4.57 Å². The maximum absolute atomic E-state index is 11.9. The van der Waals surface area contributed by atoms with Crippen LogP contribution in [-0.4, -0.2) is 24.3 Å². The van der Waals surface area contributed by atoms with Crippen molar-refractivity contribution in [3.05, 3.63) is 65.4 Å². The molecular weight excluding hydrogens is 314 g/mol. The van der Waals surface area contributed by atoms with Crippen LogP contribution in [0.15, 0.2) is 48.5 Å². The average molecular weight is 337 g/mol. The van der Waals surface area contributed by atoms with Crippen molar-refractivity contribution in [1.29, 1.82) is 0 Å². The molecule has 0 aliphatic heterocycles. The minimum Gasteiger partial charge on any atom is -0.494 e. The van der Waals surface area contributed by atoms with Crippen LogP contribution in [0.25, 0.3) is 10.9 Å². The topological polar surface area (TPSA) is 40.5 Å². The molecule has 0 saturated carbocycles. The Labute approximate surface area is 148 Å². The first-order chi connectivity index (χ1) is 12.1. The monoisotopic (exact) mass is 337 g/mol. The molecule has 3 rings (SSSR count). The number of carbonyl (C=O) groups excluding carboxylic acids is 1. The van der Waals surface area contributed by atoms with E-state index in [-0.39, 0.29) is 12.4 Å². The molecule has 4 heteroatoms. The summed E-state index contributed by atoms with van der Waals surface area (Å²) in [6.07, 6.45) is 0.260. The second-order valence-electron chi connectivity index (χ2n) is 6.00. The van der Waals surface area contributed by atoms with E-state index in [0.29, 0.717) is 6.61 Å². The van der Waals surface area contributed by atoms with Crippen LogP contribution in [0.5, 0.6) is 5.75 Å². The van der Waals surface area contributed by atoms with Gasteiger partial charge in [0.1, 0.15) is 5.75 Å². The average Bonchev–Trinajstić information content (AvgIpc) is 2.88. The number of methoxy groups -OCH3 is 1. The number of aromatic nitrogens is 1. The van der Waals surface area contributed by atoms with E-state index in [0.717, 1.165) is 34.5 Å². The fraction of sp³-hybridized carbons (Fsp3) is 0.286. The molecule has 0 amide bonds. The lowest BCUT2D eigenvalue weighted by molar-refractivity contribution is -0.139. The van der Waals surface area contributed by atoms with E-state index in [9.17, 15) is 4.79 Å². The van der Waals surface area contributed by atoms with Crippen molar-refractivity contribution in [2.24, 2.45) is 0 Å². The van der Waals surface area contributed by atoms with Gasteiger partial charge in [0.2, 0.25) is 0 Å². The summed E-state index contributed by atoms with van der Waals surface area (Å²) in [7, 11) is 1.42. The van der Waals surface area contributed by atoms with Gasteiger partial charge >= 0.3 is 5.97 Å². The van der Waals surface area contributed by atoms with Gasteiger partial charge in [-0.2, -0.15) is 0 Å². The molecule has 0 radical (unpaired) electrons. The number of fused-ring (bicyclic) bond motifs is 1. The molecule has 0 aliphatic rings. The number of nitrogens with zero attached hydrogens (tertiary/aromatic N) is 1. The van der Waals surface area contributed by atoms with Crippen molar-refractivity contribution >= 4 is 16.9 Å². The van der Waals surface area contributed by atoms with E-state index >= 15 is 0 Å². The molecule has 0 atom stereocenters. The standard InChI is InChI=1S/C21H23NO3/c1-4-25-17-10-11-20-19(12-17)18(13-21(23)24-3)15(2)22(20)14-16-8-6-5-7-9-16/h5-12H,4,13-14H2,1-3H3. The predicted molar refractivity (Wildman–Crippen MR) is 99.1 cm³/mol. The molecule has 0 N–H and O–H groups in total. The lowest BCUT2D eigenvalue weighted by atomic mass is 10.1. The third-order valence-electron chi connectivity index (χ3n) is 4.47. The third-order valence-corrected chi connectivity index (χ3v) is 4.47. The van der Waals surface area contributed by atoms with Gasteiger partial charge in [-0.15, -0.1) is 0 Å². The Morgan fingerprint density at radius 1 is 1.12 bits per heavy atom. The van der Waals surface area contributed by atoms with Gasteiger partial charge in [0, 0.05) is 23.1 Å². The molecule has 0 fully saturated rings. The number of hydrogen-bond donors (Lipinski definition) is 0. The van der Waals surface area contributed by atoms with Crippen LogP contribution >= 0.6 is 0 Å². The van der Waals surface area contributed by atoms with Crippen LogP contribution in [0, 0.1) is 6.92 Å². The van der Waals surface area contributed by atoms with Gasteiger partial charge in [-0.05, 0) is 43.2 Å². The summed E-state index contributed by atoms with van der Waals surface area (Å²) in [6, 6.07) is 16.4. The zero-order valence-corrected chi connectivity index (χ0v) is 14.9. The Balaban J connectivity index is 2.12. The minimum atomic E-state index is -0.233. The van der Waals surface area contributed by atoms with Gasteiger partial charge < -0.3 is 14.0 Å². The van der Waals surface area contributed by atoms with Crippen LogP contribution < -0.4 is 4.74 Å². The Kier molecular flexibility index (Phi) is 5.08. The lowest BCUT2D eigenvalue weighted by Gasteiger charge is -2.09. The largest absolute Gasteiger partial charge is 0.494 e. The lowest BCUT2D eigenvalue weighted by Crippen LogP contribution is -2.07. The summed E-state index contributed by atoms with van der Waals surface area (Å²) in [5.41, 5.74) is 4.40. The van der Waals surface area contributed by atoms with Crippen molar-refractivity contribution in [3.63, 3.8) is 0 Å². The van der Waals surface area contributed by atoms with Crippen LogP contribution in [0.3, 0.4) is 0 Å². The molecule has 0 aliphatic carbocycles. The fourth-order valence-electron chi connectivity index (χ4n) is 3.20. The highest BCUT2D eigenvalue weighted by Crippen LogP contribution is 2.30. The van der Waals surface area contributed by atoms with Gasteiger partial charge in [0.25, 0.3) is 0 Å². The molecule has 0 unspecified atom stereocenters. The van der Waals surface area contributed by atoms with Gasteiger partial charge in [-0.1, -0.05) is 30.3 Å². The Morgan fingerprint density at radius 3 is 2.56 bits per heavy atom. The quantitative estimate of drug-likeness (QED) is 0.636. The molecule has 3 aromatic rings. The molecule has 130 valence electrons. The number of esters is 1. The number of benzene rings is 2. The molecule has 0 saturated heterocycles. The summed E-state index contributed by atoms with van der Waals surface area (Å²) >= 11 is 0. The Hall–Kier alpha value is -2.75. The zero-order chi connectivity index (χ0) is 17.8.